The van der Waals surface area contributed by atoms with E-state index in [1.54, 1.807) is 24.3 Å². The van der Waals surface area contributed by atoms with Crippen molar-refractivity contribution in [2.75, 3.05) is 5.32 Å². The van der Waals surface area contributed by atoms with Crippen LogP contribution in [0.1, 0.15) is 18.4 Å². The van der Waals surface area contributed by atoms with Gasteiger partial charge in [0.1, 0.15) is 11.5 Å². The third-order valence-corrected chi connectivity index (χ3v) is 4.28. The Bertz CT molecular complexity index is 754. The first-order valence-electron chi connectivity index (χ1n) is 7.91. The molecule has 24 heavy (non-hydrogen) atoms. The van der Waals surface area contributed by atoms with Crippen LogP contribution < -0.4 is 10.1 Å². The number of anilines is 1. The summed E-state index contributed by atoms with van der Waals surface area (Å²) in [5.74, 6) is -0.708. The molecule has 1 saturated carbocycles. The topological polar surface area (TPSA) is 75.6 Å². The number of hydrogen-bond acceptors (Lipinski definition) is 3. The highest BCUT2D eigenvalue weighted by Crippen LogP contribution is 2.35. The summed E-state index contributed by atoms with van der Waals surface area (Å²) in [5.41, 5.74) is 1.75. The van der Waals surface area contributed by atoms with Crippen molar-refractivity contribution >= 4 is 17.6 Å². The summed E-state index contributed by atoms with van der Waals surface area (Å²) >= 11 is 0. The molecule has 2 aromatic rings. The molecule has 124 valence electrons. The lowest BCUT2D eigenvalue weighted by Gasteiger charge is -2.31. The standard InChI is InChI=1S/C19H19NO4/c1-12-3-2-4-15(11-12)24-14-7-5-13(6-8-14)20-18(21)16-9-10-17(16)19(22)23/h2-8,11,16-17H,9-10H2,1H3,(H,20,21)(H,22,23). The van der Waals surface area contributed by atoms with E-state index in [0.717, 1.165) is 11.3 Å². The van der Waals surface area contributed by atoms with Gasteiger partial charge in [-0.2, -0.15) is 0 Å². The first-order valence-corrected chi connectivity index (χ1v) is 7.91. The van der Waals surface area contributed by atoms with Gasteiger partial charge in [-0.1, -0.05) is 12.1 Å². The number of nitrogens with one attached hydrogen (secondary N) is 1. The summed E-state index contributed by atoms with van der Waals surface area (Å²) in [5, 5.41) is 11.8. The lowest BCUT2D eigenvalue weighted by atomic mass is 9.73. The van der Waals surface area contributed by atoms with Crippen molar-refractivity contribution in [2.45, 2.75) is 19.8 Å². The number of carbonyl (C=O) groups is 2. The van der Waals surface area contributed by atoms with Gasteiger partial charge in [0.15, 0.2) is 0 Å². The number of ether oxygens (including phenoxy) is 1. The first-order chi connectivity index (χ1) is 11.5. The molecule has 0 saturated heterocycles. The van der Waals surface area contributed by atoms with Gasteiger partial charge in [-0.25, -0.2) is 0 Å². The van der Waals surface area contributed by atoms with Crippen LogP contribution in [0.25, 0.3) is 0 Å². The smallest absolute Gasteiger partial charge is 0.307 e. The van der Waals surface area contributed by atoms with E-state index in [0.29, 0.717) is 24.3 Å². The Morgan fingerprint density at radius 3 is 2.33 bits per heavy atom. The number of rotatable bonds is 5. The second-order valence-electron chi connectivity index (χ2n) is 6.06. The summed E-state index contributed by atoms with van der Waals surface area (Å²) in [6.45, 7) is 2.00. The molecule has 0 heterocycles. The number of carbonyl (C=O) groups excluding carboxylic acids is 1. The van der Waals surface area contributed by atoms with Gasteiger partial charge >= 0.3 is 5.97 Å². The fourth-order valence-electron chi connectivity index (χ4n) is 2.77. The minimum Gasteiger partial charge on any atom is -0.481 e. The minimum absolute atomic E-state index is 0.235. The lowest BCUT2D eigenvalue weighted by Crippen LogP contribution is -2.41. The quantitative estimate of drug-likeness (QED) is 0.876. The molecule has 5 heteroatoms. The molecule has 0 aliphatic heterocycles. The fraction of sp³-hybridized carbons (Fsp3) is 0.263. The van der Waals surface area contributed by atoms with Crippen LogP contribution in [0.4, 0.5) is 5.69 Å². The Kier molecular flexibility index (Phi) is 4.51. The molecular weight excluding hydrogens is 306 g/mol. The second-order valence-corrected chi connectivity index (χ2v) is 6.06. The SMILES string of the molecule is Cc1cccc(Oc2ccc(NC(=O)C3CCC3C(=O)O)cc2)c1. The monoisotopic (exact) mass is 325 g/mol. The van der Waals surface area contributed by atoms with Crippen molar-refractivity contribution in [1.82, 2.24) is 0 Å². The number of amides is 1. The Labute approximate surface area is 140 Å². The van der Waals surface area contributed by atoms with Crippen LogP contribution in [0.5, 0.6) is 11.5 Å². The second kappa shape index (κ2) is 6.74. The van der Waals surface area contributed by atoms with Crippen LogP contribution >= 0.6 is 0 Å². The highest BCUT2D eigenvalue weighted by Gasteiger charge is 2.41. The van der Waals surface area contributed by atoms with Gasteiger partial charge in [0, 0.05) is 5.69 Å². The molecule has 2 atom stereocenters. The van der Waals surface area contributed by atoms with Gasteiger partial charge < -0.3 is 15.2 Å². The molecule has 1 aliphatic carbocycles. The van der Waals surface area contributed by atoms with E-state index in [-0.39, 0.29) is 5.91 Å². The minimum atomic E-state index is -0.900. The Morgan fingerprint density at radius 2 is 1.75 bits per heavy atom. The molecule has 2 unspecified atom stereocenters. The third-order valence-electron chi connectivity index (χ3n) is 4.28. The Morgan fingerprint density at radius 1 is 1.04 bits per heavy atom. The molecule has 0 radical (unpaired) electrons. The van der Waals surface area contributed by atoms with Crippen molar-refractivity contribution in [3.05, 3.63) is 54.1 Å². The number of carboxylic acids is 1. The first kappa shape index (κ1) is 16.1. The molecule has 0 bridgehead atoms. The van der Waals surface area contributed by atoms with Gasteiger partial charge in [-0.3, -0.25) is 9.59 Å². The lowest BCUT2D eigenvalue weighted by molar-refractivity contribution is -0.151. The summed E-state index contributed by atoms with van der Waals surface area (Å²) in [6, 6.07) is 14.8. The molecule has 2 aromatic carbocycles. The van der Waals surface area contributed by atoms with Crippen LogP contribution in [0, 0.1) is 18.8 Å². The van der Waals surface area contributed by atoms with E-state index >= 15 is 0 Å². The molecule has 0 aromatic heterocycles. The van der Waals surface area contributed by atoms with Gasteiger partial charge in [-0.05, 0) is 61.7 Å². The van der Waals surface area contributed by atoms with Crippen LogP contribution in [0.15, 0.2) is 48.5 Å². The fourth-order valence-corrected chi connectivity index (χ4v) is 2.77. The summed E-state index contributed by atoms with van der Waals surface area (Å²) in [7, 11) is 0. The van der Waals surface area contributed by atoms with E-state index < -0.39 is 17.8 Å². The summed E-state index contributed by atoms with van der Waals surface area (Å²) in [6.07, 6.45) is 1.19. The number of benzene rings is 2. The molecule has 1 aliphatic rings. The maximum atomic E-state index is 12.1. The highest BCUT2D eigenvalue weighted by molar-refractivity contribution is 5.96. The normalized spacial score (nSPS) is 19.2. The molecule has 2 N–H and O–H groups in total. The van der Waals surface area contributed by atoms with Crippen molar-refractivity contribution in [3.8, 4) is 11.5 Å². The number of hydrogen-bond donors (Lipinski definition) is 2. The van der Waals surface area contributed by atoms with Gasteiger partial charge in [0.05, 0.1) is 11.8 Å². The van der Waals surface area contributed by atoms with Crippen LogP contribution in [-0.2, 0) is 9.59 Å². The maximum absolute atomic E-state index is 12.1. The van der Waals surface area contributed by atoms with Crippen molar-refractivity contribution in [1.29, 1.82) is 0 Å². The molecule has 1 amide bonds. The largest absolute Gasteiger partial charge is 0.481 e. The zero-order valence-corrected chi connectivity index (χ0v) is 13.4. The van der Waals surface area contributed by atoms with E-state index in [1.807, 2.05) is 31.2 Å². The zero-order valence-electron chi connectivity index (χ0n) is 13.4. The van der Waals surface area contributed by atoms with Crippen molar-refractivity contribution in [2.24, 2.45) is 11.8 Å². The van der Waals surface area contributed by atoms with Crippen molar-refractivity contribution in [3.63, 3.8) is 0 Å². The van der Waals surface area contributed by atoms with E-state index in [4.69, 9.17) is 9.84 Å². The van der Waals surface area contributed by atoms with Gasteiger partial charge in [-0.15, -0.1) is 0 Å². The molecule has 5 nitrogen and oxygen atoms in total. The molecule has 0 spiro atoms. The Hall–Kier alpha value is -2.82. The van der Waals surface area contributed by atoms with Crippen LogP contribution in [0.2, 0.25) is 0 Å². The average Bonchev–Trinajstić information content (AvgIpc) is 2.47. The number of aliphatic carboxylic acids is 1. The van der Waals surface area contributed by atoms with E-state index in [2.05, 4.69) is 5.32 Å². The number of carboxylic acid groups (broad SMARTS) is 1. The van der Waals surface area contributed by atoms with Crippen LogP contribution in [-0.4, -0.2) is 17.0 Å². The predicted octanol–water partition coefficient (Wildman–Crippen LogP) is 3.84. The van der Waals surface area contributed by atoms with E-state index in [1.165, 1.54) is 0 Å². The number of aryl methyl sites for hydroxylation is 1. The summed E-state index contributed by atoms with van der Waals surface area (Å²) in [4.78, 5) is 23.1. The predicted molar refractivity (Wildman–Crippen MR) is 90.2 cm³/mol. The average molecular weight is 325 g/mol. The Balaban J connectivity index is 1.60. The zero-order chi connectivity index (χ0) is 17.1. The molecular formula is C19H19NO4. The highest BCUT2D eigenvalue weighted by atomic mass is 16.5. The summed E-state index contributed by atoms with van der Waals surface area (Å²) < 4.78 is 5.76. The van der Waals surface area contributed by atoms with Gasteiger partial charge in [0.2, 0.25) is 5.91 Å². The molecule has 3 rings (SSSR count). The van der Waals surface area contributed by atoms with Crippen LogP contribution in [0.3, 0.4) is 0 Å². The maximum Gasteiger partial charge on any atom is 0.307 e. The third kappa shape index (κ3) is 3.56. The van der Waals surface area contributed by atoms with Gasteiger partial charge in [0.25, 0.3) is 0 Å². The molecule has 1 fully saturated rings. The van der Waals surface area contributed by atoms with Crippen molar-refractivity contribution < 1.29 is 19.4 Å². The van der Waals surface area contributed by atoms with E-state index in [9.17, 15) is 9.59 Å².